The molecule has 0 aliphatic rings. The Morgan fingerprint density at radius 3 is 2.43 bits per heavy atom. The summed E-state index contributed by atoms with van der Waals surface area (Å²) in [4.78, 5) is 0. The minimum absolute atomic E-state index is 1.04. The van der Waals surface area contributed by atoms with Crippen molar-refractivity contribution in [2.75, 3.05) is 7.11 Å². The quantitative estimate of drug-likeness (QED) is 0.709. The third-order valence-electron chi connectivity index (χ3n) is 2.77. The molecule has 0 saturated heterocycles. The van der Waals surface area contributed by atoms with E-state index in [1.165, 1.54) is 23.1 Å². The number of hydrogen-bond acceptors (Lipinski definition) is 1. The third kappa shape index (κ3) is 2.09. The molecule has 0 unspecified atom stereocenters. The first-order valence-corrected chi connectivity index (χ1v) is 5.39. The average molecular weight is 192 g/mol. The summed E-state index contributed by atoms with van der Waals surface area (Å²) in [6.45, 7) is 6.61. The van der Waals surface area contributed by atoms with Crippen LogP contribution in [0.1, 0.15) is 37.0 Å². The van der Waals surface area contributed by atoms with Gasteiger partial charge in [-0.05, 0) is 42.5 Å². The van der Waals surface area contributed by atoms with Gasteiger partial charge in [-0.3, -0.25) is 0 Å². The van der Waals surface area contributed by atoms with E-state index < -0.39 is 0 Å². The molecule has 0 aliphatic heterocycles. The van der Waals surface area contributed by atoms with Gasteiger partial charge in [0.25, 0.3) is 0 Å². The molecule has 1 heteroatoms. The van der Waals surface area contributed by atoms with Crippen molar-refractivity contribution in [3.63, 3.8) is 0 Å². The van der Waals surface area contributed by atoms with Crippen molar-refractivity contribution in [1.29, 1.82) is 0 Å². The van der Waals surface area contributed by atoms with E-state index >= 15 is 0 Å². The standard InChI is InChI=1S/C13H20O/c1-5-7-12-10(3)11(6-2)8-9-13(12)14-4/h8-9H,5-7H2,1-4H3. The van der Waals surface area contributed by atoms with Crippen molar-refractivity contribution in [3.8, 4) is 5.75 Å². The summed E-state index contributed by atoms with van der Waals surface area (Å²) in [5.74, 6) is 1.04. The summed E-state index contributed by atoms with van der Waals surface area (Å²) in [5.41, 5.74) is 4.23. The number of aryl methyl sites for hydroxylation is 1. The third-order valence-corrected chi connectivity index (χ3v) is 2.77. The topological polar surface area (TPSA) is 9.23 Å². The molecule has 78 valence electrons. The van der Waals surface area contributed by atoms with Gasteiger partial charge in [0.1, 0.15) is 5.75 Å². The molecule has 0 heterocycles. The fourth-order valence-electron chi connectivity index (χ4n) is 1.92. The highest BCUT2D eigenvalue weighted by atomic mass is 16.5. The Morgan fingerprint density at radius 2 is 1.93 bits per heavy atom. The van der Waals surface area contributed by atoms with E-state index in [1.807, 2.05) is 0 Å². The maximum atomic E-state index is 5.38. The lowest BCUT2D eigenvalue weighted by atomic mass is 9.97. The molecule has 0 atom stereocenters. The van der Waals surface area contributed by atoms with Crippen LogP contribution in [0, 0.1) is 6.92 Å². The van der Waals surface area contributed by atoms with Gasteiger partial charge in [-0.1, -0.05) is 26.3 Å². The molecule has 14 heavy (non-hydrogen) atoms. The van der Waals surface area contributed by atoms with Crippen LogP contribution in [0.5, 0.6) is 5.75 Å². The van der Waals surface area contributed by atoms with Gasteiger partial charge in [0.2, 0.25) is 0 Å². The highest BCUT2D eigenvalue weighted by Gasteiger charge is 2.08. The summed E-state index contributed by atoms with van der Waals surface area (Å²) in [5, 5.41) is 0. The van der Waals surface area contributed by atoms with Gasteiger partial charge < -0.3 is 4.74 Å². The second kappa shape index (κ2) is 5.04. The lowest BCUT2D eigenvalue weighted by Gasteiger charge is -2.14. The van der Waals surface area contributed by atoms with E-state index in [1.54, 1.807) is 7.11 Å². The van der Waals surface area contributed by atoms with Crippen LogP contribution in [0.2, 0.25) is 0 Å². The predicted molar refractivity (Wildman–Crippen MR) is 61.1 cm³/mol. The number of benzene rings is 1. The minimum atomic E-state index is 1.04. The van der Waals surface area contributed by atoms with Crippen molar-refractivity contribution in [1.82, 2.24) is 0 Å². The molecule has 0 bridgehead atoms. The molecule has 1 rings (SSSR count). The fourth-order valence-corrected chi connectivity index (χ4v) is 1.92. The molecule has 0 N–H and O–H groups in total. The van der Waals surface area contributed by atoms with Gasteiger partial charge in [-0.15, -0.1) is 0 Å². The molecule has 0 amide bonds. The zero-order chi connectivity index (χ0) is 10.6. The van der Waals surface area contributed by atoms with Crippen LogP contribution >= 0.6 is 0 Å². The van der Waals surface area contributed by atoms with Crippen LogP contribution in [0.3, 0.4) is 0 Å². The zero-order valence-corrected chi connectivity index (χ0v) is 9.68. The summed E-state index contributed by atoms with van der Waals surface area (Å²) < 4.78 is 5.38. The number of methoxy groups -OCH3 is 1. The normalized spacial score (nSPS) is 10.3. The Balaban J connectivity index is 3.16. The van der Waals surface area contributed by atoms with Crippen LogP contribution < -0.4 is 4.74 Å². The van der Waals surface area contributed by atoms with Crippen LogP contribution in [0.25, 0.3) is 0 Å². The van der Waals surface area contributed by atoms with Crippen LogP contribution in [0.15, 0.2) is 12.1 Å². The van der Waals surface area contributed by atoms with Crippen LogP contribution in [-0.4, -0.2) is 7.11 Å². The van der Waals surface area contributed by atoms with Gasteiger partial charge in [-0.2, -0.15) is 0 Å². The molecule has 0 spiro atoms. The molecule has 0 aromatic heterocycles. The van der Waals surface area contributed by atoms with E-state index in [2.05, 4.69) is 32.9 Å². The van der Waals surface area contributed by atoms with Gasteiger partial charge >= 0.3 is 0 Å². The van der Waals surface area contributed by atoms with Crippen molar-refractivity contribution >= 4 is 0 Å². The molecular formula is C13H20O. The Bertz CT molecular complexity index is 302. The minimum Gasteiger partial charge on any atom is -0.496 e. The second-order valence-corrected chi connectivity index (χ2v) is 3.63. The monoisotopic (exact) mass is 192 g/mol. The summed E-state index contributed by atoms with van der Waals surface area (Å²) in [7, 11) is 1.75. The highest BCUT2D eigenvalue weighted by Crippen LogP contribution is 2.26. The lowest BCUT2D eigenvalue weighted by Crippen LogP contribution is -1.98. The average Bonchev–Trinajstić information content (AvgIpc) is 2.21. The molecule has 1 aromatic carbocycles. The van der Waals surface area contributed by atoms with Crippen LogP contribution in [0.4, 0.5) is 0 Å². The lowest BCUT2D eigenvalue weighted by molar-refractivity contribution is 0.408. The van der Waals surface area contributed by atoms with E-state index in [0.717, 1.165) is 18.6 Å². The maximum Gasteiger partial charge on any atom is 0.122 e. The summed E-state index contributed by atoms with van der Waals surface area (Å²) in [6.07, 6.45) is 3.39. The summed E-state index contributed by atoms with van der Waals surface area (Å²) >= 11 is 0. The van der Waals surface area contributed by atoms with Gasteiger partial charge in [0, 0.05) is 0 Å². The Hall–Kier alpha value is -0.980. The van der Waals surface area contributed by atoms with Crippen molar-refractivity contribution in [2.24, 2.45) is 0 Å². The number of hydrogen-bond donors (Lipinski definition) is 0. The first-order chi connectivity index (χ1) is 6.74. The van der Waals surface area contributed by atoms with E-state index in [-0.39, 0.29) is 0 Å². The SMILES string of the molecule is CCCc1c(OC)ccc(CC)c1C. The first-order valence-electron chi connectivity index (χ1n) is 5.39. The summed E-state index contributed by atoms with van der Waals surface area (Å²) in [6, 6.07) is 4.27. The van der Waals surface area contributed by atoms with Gasteiger partial charge in [0.05, 0.1) is 7.11 Å². The molecular weight excluding hydrogens is 172 g/mol. The molecule has 0 aliphatic carbocycles. The van der Waals surface area contributed by atoms with Gasteiger partial charge in [0.15, 0.2) is 0 Å². The Kier molecular flexibility index (Phi) is 3.99. The largest absolute Gasteiger partial charge is 0.496 e. The van der Waals surface area contributed by atoms with E-state index in [9.17, 15) is 0 Å². The van der Waals surface area contributed by atoms with E-state index in [4.69, 9.17) is 4.74 Å². The molecule has 1 nitrogen and oxygen atoms in total. The zero-order valence-electron chi connectivity index (χ0n) is 9.68. The molecule has 0 radical (unpaired) electrons. The molecule has 1 aromatic rings. The smallest absolute Gasteiger partial charge is 0.122 e. The molecule has 0 fully saturated rings. The Morgan fingerprint density at radius 1 is 1.21 bits per heavy atom. The highest BCUT2D eigenvalue weighted by molar-refractivity contribution is 5.44. The van der Waals surface area contributed by atoms with Crippen LogP contribution in [-0.2, 0) is 12.8 Å². The number of ether oxygens (including phenoxy) is 1. The maximum absolute atomic E-state index is 5.38. The Labute approximate surface area is 87.1 Å². The van der Waals surface area contributed by atoms with Crippen molar-refractivity contribution in [3.05, 3.63) is 28.8 Å². The first kappa shape index (κ1) is 11.1. The van der Waals surface area contributed by atoms with E-state index in [0.29, 0.717) is 0 Å². The number of rotatable bonds is 4. The molecule has 0 saturated carbocycles. The van der Waals surface area contributed by atoms with Gasteiger partial charge in [-0.25, -0.2) is 0 Å². The van der Waals surface area contributed by atoms with Crippen molar-refractivity contribution in [2.45, 2.75) is 40.0 Å². The fraction of sp³-hybridized carbons (Fsp3) is 0.538. The van der Waals surface area contributed by atoms with Crippen molar-refractivity contribution < 1.29 is 4.74 Å². The second-order valence-electron chi connectivity index (χ2n) is 3.63. The predicted octanol–water partition coefficient (Wildman–Crippen LogP) is 3.52.